The third kappa shape index (κ3) is 3.95. The number of fused-ring (bicyclic) bond motifs is 1. The van der Waals surface area contributed by atoms with Crippen LogP contribution in [0.15, 0.2) is 48.8 Å². The molecule has 0 fully saturated rings. The van der Waals surface area contributed by atoms with Crippen molar-refractivity contribution in [1.82, 2.24) is 15.0 Å². The Kier molecular flexibility index (Phi) is 4.52. The fraction of sp³-hybridized carbons (Fsp3) is 0.158. The van der Waals surface area contributed by atoms with Gasteiger partial charge in [0.05, 0.1) is 0 Å². The number of amides is 1. The standard InChI is InChI=1S/C19H17N5O3/c1-12-7-15(24-19(22-12)21-10-13-3-2-6-20-9-13)18(25)23-14-4-5-16-17(8-14)27-11-26-16/h2-9H,10-11H2,1H3,(H,23,25)(H,21,22,24). The summed E-state index contributed by atoms with van der Waals surface area (Å²) < 4.78 is 10.6. The first kappa shape index (κ1) is 16.8. The lowest BCUT2D eigenvalue weighted by Crippen LogP contribution is -2.16. The number of nitrogens with one attached hydrogen (secondary N) is 2. The van der Waals surface area contributed by atoms with Crippen molar-refractivity contribution in [2.45, 2.75) is 13.5 Å². The summed E-state index contributed by atoms with van der Waals surface area (Å²) in [6.45, 7) is 2.51. The number of aromatic nitrogens is 3. The summed E-state index contributed by atoms with van der Waals surface area (Å²) in [5.41, 5.74) is 2.56. The molecule has 0 bridgehead atoms. The lowest BCUT2D eigenvalue weighted by Gasteiger charge is -2.09. The Morgan fingerprint density at radius 3 is 2.89 bits per heavy atom. The summed E-state index contributed by atoms with van der Waals surface area (Å²) in [6.07, 6.45) is 3.47. The molecule has 0 unspecified atom stereocenters. The number of carbonyl (C=O) groups excluding carboxylic acids is 1. The van der Waals surface area contributed by atoms with Crippen LogP contribution in [0.3, 0.4) is 0 Å². The number of hydrogen-bond acceptors (Lipinski definition) is 7. The van der Waals surface area contributed by atoms with Crippen LogP contribution in [0.4, 0.5) is 11.6 Å². The maximum Gasteiger partial charge on any atom is 0.274 e. The number of rotatable bonds is 5. The van der Waals surface area contributed by atoms with E-state index >= 15 is 0 Å². The Bertz CT molecular complexity index is 978. The maximum absolute atomic E-state index is 12.6. The molecule has 3 aromatic rings. The molecule has 136 valence electrons. The van der Waals surface area contributed by atoms with Crippen LogP contribution in [0, 0.1) is 6.92 Å². The lowest BCUT2D eigenvalue weighted by atomic mass is 10.2. The highest BCUT2D eigenvalue weighted by molar-refractivity contribution is 6.03. The molecule has 27 heavy (non-hydrogen) atoms. The number of pyridine rings is 1. The topological polar surface area (TPSA) is 98.3 Å². The van der Waals surface area contributed by atoms with Crippen molar-refractivity contribution in [2.75, 3.05) is 17.4 Å². The molecule has 0 saturated carbocycles. The Hall–Kier alpha value is -3.68. The van der Waals surface area contributed by atoms with Gasteiger partial charge < -0.3 is 20.1 Å². The number of aryl methyl sites for hydroxylation is 1. The largest absolute Gasteiger partial charge is 0.454 e. The van der Waals surface area contributed by atoms with E-state index in [2.05, 4.69) is 25.6 Å². The molecule has 1 aliphatic heterocycles. The molecule has 0 atom stereocenters. The molecule has 3 heterocycles. The van der Waals surface area contributed by atoms with E-state index in [0.29, 0.717) is 35.4 Å². The minimum Gasteiger partial charge on any atom is -0.454 e. The highest BCUT2D eigenvalue weighted by atomic mass is 16.7. The van der Waals surface area contributed by atoms with Crippen LogP contribution < -0.4 is 20.1 Å². The molecule has 1 amide bonds. The van der Waals surface area contributed by atoms with Gasteiger partial charge in [-0.1, -0.05) is 6.07 Å². The zero-order valence-corrected chi connectivity index (χ0v) is 14.6. The van der Waals surface area contributed by atoms with Gasteiger partial charge in [-0.3, -0.25) is 9.78 Å². The van der Waals surface area contributed by atoms with Crippen LogP contribution >= 0.6 is 0 Å². The second-order valence-electron chi connectivity index (χ2n) is 5.96. The Balaban J connectivity index is 1.47. The number of anilines is 2. The van der Waals surface area contributed by atoms with Crippen LogP contribution in [-0.2, 0) is 6.54 Å². The van der Waals surface area contributed by atoms with Crippen LogP contribution in [0.5, 0.6) is 11.5 Å². The summed E-state index contributed by atoms with van der Waals surface area (Å²) in [4.78, 5) is 25.3. The number of ether oxygens (including phenoxy) is 2. The predicted molar refractivity (Wildman–Crippen MR) is 98.9 cm³/mol. The van der Waals surface area contributed by atoms with Gasteiger partial charge in [0.15, 0.2) is 11.5 Å². The normalized spacial score (nSPS) is 11.9. The van der Waals surface area contributed by atoms with Crippen molar-refractivity contribution in [3.05, 3.63) is 65.7 Å². The van der Waals surface area contributed by atoms with E-state index in [4.69, 9.17) is 9.47 Å². The fourth-order valence-corrected chi connectivity index (χ4v) is 2.62. The van der Waals surface area contributed by atoms with E-state index in [9.17, 15) is 4.79 Å². The lowest BCUT2D eigenvalue weighted by molar-refractivity contribution is 0.102. The van der Waals surface area contributed by atoms with Gasteiger partial charge >= 0.3 is 0 Å². The van der Waals surface area contributed by atoms with Gasteiger partial charge in [0.2, 0.25) is 12.7 Å². The summed E-state index contributed by atoms with van der Waals surface area (Å²) in [5.74, 6) is 1.32. The summed E-state index contributed by atoms with van der Waals surface area (Å²) in [7, 11) is 0. The molecule has 8 nitrogen and oxygen atoms in total. The molecule has 8 heteroatoms. The molecule has 1 aromatic carbocycles. The minimum absolute atomic E-state index is 0.184. The average molecular weight is 363 g/mol. The van der Waals surface area contributed by atoms with Gasteiger partial charge in [-0.25, -0.2) is 9.97 Å². The van der Waals surface area contributed by atoms with Gasteiger partial charge in [-0.05, 0) is 36.8 Å². The van der Waals surface area contributed by atoms with Gasteiger partial charge in [-0.2, -0.15) is 0 Å². The first-order valence-corrected chi connectivity index (χ1v) is 8.37. The van der Waals surface area contributed by atoms with E-state index in [-0.39, 0.29) is 18.4 Å². The van der Waals surface area contributed by atoms with Gasteiger partial charge in [0.25, 0.3) is 5.91 Å². The van der Waals surface area contributed by atoms with Crippen molar-refractivity contribution in [3.63, 3.8) is 0 Å². The number of benzene rings is 1. The molecule has 2 aromatic heterocycles. The number of hydrogen-bond donors (Lipinski definition) is 2. The van der Waals surface area contributed by atoms with Gasteiger partial charge in [0.1, 0.15) is 5.69 Å². The van der Waals surface area contributed by atoms with Crippen molar-refractivity contribution >= 4 is 17.5 Å². The monoisotopic (exact) mass is 363 g/mol. The quantitative estimate of drug-likeness (QED) is 0.719. The maximum atomic E-state index is 12.6. The third-order valence-corrected chi connectivity index (χ3v) is 3.89. The fourth-order valence-electron chi connectivity index (χ4n) is 2.62. The number of carbonyl (C=O) groups is 1. The van der Waals surface area contributed by atoms with Crippen LogP contribution in [-0.4, -0.2) is 27.7 Å². The highest BCUT2D eigenvalue weighted by Gasteiger charge is 2.16. The minimum atomic E-state index is -0.330. The van der Waals surface area contributed by atoms with E-state index in [0.717, 1.165) is 5.56 Å². The third-order valence-electron chi connectivity index (χ3n) is 3.89. The first-order valence-electron chi connectivity index (χ1n) is 8.37. The van der Waals surface area contributed by atoms with Crippen LogP contribution in [0.2, 0.25) is 0 Å². The molecule has 0 aliphatic carbocycles. The Morgan fingerprint density at radius 1 is 1.15 bits per heavy atom. The van der Waals surface area contributed by atoms with Crippen molar-refractivity contribution in [1.29, 1.82) is 0 Å². The molecular formula is C19H17N5O3. The second kappa shape index (κ2) is 7.28. The second-order valence-corrected chi connectivity index (χ2v) is 5.96. The molecular weight excluding hydrogens is 346 g/mol. The first-order chi connectivity index (χ1) is 13.2. The highest BCUT2D eigenvalue weighted by Crippen LogP contribution is 2.34. The molecule has 4 rings (SSSR count). The molecule has 0 spiro atoms. The van der Waals surface area contributed by atoms with Crippen LogP contribution in [0.25, 0.3) is 0 Å². The zero-order chi connectivity index (χ0) is 18.6. The predicted octanol–water partition coefficient (Wildman–Crippen LogP) is 2.77. The Labute approximate surface area is 155 Å². The van der Waals surface area contributed by atoms with E-state index in [1.54, 1.807) is 36.7 Å². The summed E-state index contributed by atoms with van der Waals surface area (Å²) in [5, 5.41) is 5.93. The molecule has 2 N–H and O–H groups in total. The smallest absolute Gasteiger partial charge is 0.274 e. The van der Waals surface area contributed by atoms with Crippen molar-refractivity contribution in [2.24, 2.45) is 0 Å². The Morgan fingerprint density at radius 2 is 2.04 bits per heavy atom. The van der Waals surface area contributed by atoms with E-state index in [1.165, 1.54) is 0 Å². The average Bonchev–Trinajstić information content (AvgIpc) is 3.14. The molecule has 0 radical (unpaired) electrons. The van der Waals surface area contributed by atoms with Gasteiger partial charge in [0, 0.05) is 36.4 Å². The number of nitrogens with zero attached hydrogens (tertiary/aromatic N) is 3. The van der Waals surface area contributed by atoms with Gasteiger partial charge in [-0.15, -0.1) is 0 Å². The SMILES string of the molecule is Cc1cc(C(=O)Nc2ccc3c(c2)OCO3)nc(NCc2cccnc2)n1. The zero-order valence-electron chi connectivity index (χ0n) is 14.6. The summed E-state index contributed by atoms with van der Waals surface area (Å²) >= 11 is 0. The van der Waals surface area contributed by atoms with E-state index in [1.807, 2.05) is 19.1 Å². The van der Waals surface area contributed by atoms with Crippen molar-refractivity contribution in [3.8, 4) is 11.5 Å². The molecule has 1 aliphatic rings. The van der Waals surface area contributed by atoms with Crippen molar-refractivity contribution < 1.29 is 14.3 Å². The summed E-state index contributed by atoms with van der Waals surface area (Å²) in [6, 6.07) is 10.7. The van der Waals surface area contributed by atoms with Crippen LogP contribution in [0.1, 0.15) is 21.7 Å². The van der Waals surface area contributed by atoms with E-state index < -0.39 is 0 Å². The molecule has 0 saturated heterocycles.